The van der Waals surface area contributed by atoms with Gasteiger partial charge < -0.3 is 15.7 Å². The lowest BCUT2D eigenvalue weighted by atomic mass is 10.1. The van der Waals surface area contributed by atoms with Crippen molar-refractivity contribution in [2.24, 2.45) is 0 Å². The van der Waals surface area contributed by atoms with Gasteiger partial charge in [0.25, 0.3) is 5.91 Å². The molecule has 0 spiro atoms. The average molecular weight is 283 g/mol. The molecule has 2 fully saturated rings. The fourth-order valence-electron chi connectivity index (χ4n) is 2.85. The monoisotopic (exact) mass is 283 g/mol. The van der Waals surface area contributed by atoms with Gasteiger partial charge in [0.15, 0.2) is 0 Å². The zero-order chi connectivity index (χ0) is 14.5. The van der Waals surface area contributed by atoms with Crippen LogP contribution in [-0.2, 0) is 4.79 Å². The quantitative estimate of drug-likeness (QED) is 0.711. The van der Waals surface area contributed by atoms with E-state index in [1.54, 1.807) is 0 Å². The third-order valence-electron chi connectivity index (χ3n) is 3.91. The maximum atomic E-state index is 12.2. The van der Waals surface area contributed by atoms with E-state index in [9.17, 15) is 14.4 Å². The number of urea groups is 1. The number of hydrogen-bond acceptors (Lipinski definition) is 3. The molecule has 7 heteroatoms. The summed E-state index contributed by atoms with van der Waals surface area (Å²) >= 11 is 0. The Labute approximate surface area is 117 Å². The number of carbonyl (C=O) groups is 3. The lowest BCUT2D eigenvalue weighted by Crippen LogP contribution is -2.53. The standard InChI is InChI=1S/C13H21N3O4/c17-11-10(15-13(19)20)7-3-4-8-16(11)12(18)14-9-5-1-2-6-9/h9-10,15H,1-8H2,(H,14,18)(H,19,20)/t10-/m0/s1. The van der Waals surface area contributed by atoms with Crippen LogP contribution in [-0.4, -0.2) is 46.7 Å². The molecular formula is C13H21N3O4. The summed E-state index contributed by atoms with van der Waals surface area (Å²) in [5, 5.41) is 13.8. The summed E-state index contributed by atoms with van der Waals surface area (Å²) in [5.74, 6) is -0.444. The van der Waals surface area contributed by atoms with Gasteiger partial charge in [0.1, 0.15) is 6.04 Å². The molecule has 7 nitrogen and oxygen atoms in total. The maximum Gasteiger partial charge on any atom is 0.405 e. The lowest BCUT2D eigenvalue weighted by Gasteiger charge is -2.24. The number of nitrogens with zero attached hydrogens (tertiary/aromatic N) is 1. The molecule has 0 radical (unpaired) electrons. The van der Waals surface area contributed by atoms with Gasteiger partial charge in [-0.15, -0.1) is 0 Å². The molecule has 1 saturated carbocycles. The molecule has 20 heavy (non-hydrogen) atoms. The summed E-state index contributed by atoms with van der Waals surface area (Å²) in [6, 6.07) is -1.06. The van der Waals surface area contributed by atoms with Gasteiger partial charge in [0, 0.05) is 12.6 Å². The van der Waals surface area contributed by atoms with E-state index in [0.717, 1.165) is 37.0 Å². The van der Waals surface area contributed by atoms with Gasteiger partial charge in [0.2, 0.25) is 0 Å². The molecule has 4 amide bonds. The molecule has 1 aliphatic heterocycles. The summed E-state index contributed by atoms with van der Waals surface area (Å²) < 4.78 is 0. The highest BCUT2D eigenvalue weighted by Gasteiger charge is 2.33. The number of amides is 4. The van der Waals surface area contributed by atoms with Crippen molar-refractivity contribution < 1.29 is 19.5 Å². The molecule has 1 heterocycles. The fourth-order valence-corrected chi connectivity index (χ4v) is 2.85. The van der Waals surface area contributed by atoms with Crippen LogP contribution in [0.5, 0.6) is 0 Å². The number of imide groups is 1. The molecular weight excluding hydrogens is 262 g/mol. The molecule has 0 unspecified atom stereocenters. The number of carboxylic acid groups (broad SMARTS) is 1. The van der Waals surface area contributed by atoms with E-state index in [1.807, 2.05) is 0 Å². The van der Waals surface area contributed by atoms with E-state index in [0.29, 0.717) is 19.4 Å². The average Bonchev–Trinajstić information content (AvgIpc) is 2.82. The highest BCUT2D eigenvalue weighted by molar-refractivity contribution is 5.98. The van der Waals surface area contributed by atoms with Crippen molar-refractivity contribution >= 4 is 18.0 Å². The van der Waals surface area contributed by atoms with Crippen LogP contribution < -0.4 is 10.6 Å². The van der Waals surface area contributed by atoms with E-state index >= 15 is 0 Å². The molecule has 0 aromatic heterocycles. The molecule has 0 bridgehead atoms. The molecule has 112 valence electrons. The largest absolute Gasteiger partial charge is 0.465 e. The SMILES string of the molecule is O=C(O)N[C@H]1CCCCN(C(=O)NC2CCCC2)C1=O. The van der Waals surface area contributed by atoms with Gasteiger partial charge >= 0.3 is 12.1 Å². The summed E-state index contributed by atoms with van der Waals surface area (Å²) in [5.41, 5.74) is 0. The van der Waals surface area contributed by atoms with E-state index < -0.39 is 18.0 Å². The second kappa shape index (κ2) is 6.58. The second-order valence-electron chi connectivity index (χ2n) is 5.42. The first-order valence-corrected chi connectivity index (χ1v) is 7.19. The highest BCUT2D eigenvalue weighted by atomic mass is 16.4. The van der Waals surface area contributed by atoms with Crippen molar-refractivity contribution in [1.29, 1.82) is 0 Å². The Hall–Kier alpha value is -1.79. The van der Waals surface area contributed by atoms with Crippen molar-refractivity contribution in [3.8, 4) is 0 Å². The van der Waals surface area contributed by atoms with Crippen LogP contribution >= 0.6 is 0 Å². The van der Waals surface area contributed by atoms with Crippen molar-refractivity contribution in [3.63, 3.8) is 0 Å². The predicted octanol–water partition coefficient (Wildman–Crippen LogP) is 1.29. The molecule has 0 aromatic rings. The minimum Gasteiger partial charge on any atom is -0.465 e. The molecule has 1 aliphatic carbocycles. The van der Waals surface area contributed by atoms with E-state index in [4.69, 9.17) is 5.11 Å². The third-order valence-corrected chi connectivity index (χ3v) is 3.91. The Kier molecular flexibility index (Phi) is 4.81. The molecule has 2 aliphatic rings. The van der Waals surface area contributed by atoms with E-state index in [2.05, 4.69) is 10.6 Å². The number of rotatable bonds is 2. The zero-order valence-corrected chi connectivity index (χ0v) is 11.4. The fraction of sp³-hybridized carbons (Fsp3) is 0.769. The highest BCUT2D eigenvalue weighted by Crippen LogP contribution is 2.19. The van der Waals surface area contributed by atoms with Gasteiger partial charge in [-0.05, 0) is 32.1 Å². The van der Waals surface area contributed by atoms with Crippen LogP contribution in [0.2, 0.25) is 0 Å². The smallest absolute Gasteiger partial charge is 0.405 e. The molecule has 1 saturated heterocycles. The van der Waals surface area contributed by atoms with E-state index in [-0.39, 0.29) is 12.1 Å². The van der Waals surface area contributed by atoms with Gasteiger partial charge in [-0.3, -0.25) is 9.69 Å². The minimum atomic E-state index is -1.23. The summed E-state index contributed by atoms with van der Waals surface area (Å²) in [7, 11) is 0. The predicted molar refractivity (Wildman–Crippen MR) is 71.3 cm³/mol. The maximum absolute atomic E-state index is 12.2. The van der Waals surface area contributed by atoms with Crippen LogP contribution in [0, 0.1) is 0 Å². The minimum absolute atomic E-state index is 0.143. The third kappa shape index (κ3) is 3.61. The normalized spacial score (nSPS) is 24.3. The number of carbonyl (C=O) groups excluding carboxylic acids is 2. The van der Waals surface area contributed by atoms with Gasteiger partial charge in [0.05, 0.1) is 0 Å². The van der Waals surface area contributed by atoms with Crippen LogP contribution in [0.4, 0.5) is 9.59 Å². The summed E-state index contributed by atoms with van der Waals surface area (Å²) in [6.45, 7) is 0.356. The second-order valence-corrected chi connectivity index (χ2v) is 5.42. The zero-order valence-electron chi connectivity index (χ0n) is 11.4. The first-order chi connectivity index (χ1) is 9.58. The van der Waals surface area contributed by atoms with Crippen LogP contribution in [0.1, 0.15) is 44.9 Å². The molecule has 0 aromatic carbocycles. The topological polar surface area (TPSA) is 98.7 Å². The van der Waals surface area contributed by atoms with Crippen LogP contribution in [0.15, 0.2) is 0 Å². The Bertz CT molecular complexity index is 393. The molecule has 1 atom stereocenters. The Balaban J connectivity index is 1.98. The summed E-state index contributed by atoms with van der Waals surface area (Å²) in [4.78, 5) is 36.3. The first-order valence-electron chi connectivity index (χ1n) is 7.19. The molecule has 3 N–H and O–H groups in total. The van der Waals surface area contributed by atoms with Crippen molar-refractivity contribution in [2.45, 2.75) is 57.0 Å². The molecule has 2 rings (SSSR count). The van der Waals surface area contributed by atoms with Gasteiger partial charge in [-0.1, -0.05) is 12.8 Å². The lowest BCUT2D eigenvalue weighted by molar-refractivity contribution is -0.129. The van der Waals surface area contributed by atoms with Crippen LogP contribution in [0.3, 0.4) is 0 Å². The van der Waals surface area contributed by atoms with Gasteiger partial charge in [-0.25, -0.2) is 9.59 Å². The number of hydrogen-bond donors (Lipinski definition) is 3. The number of likely N-dealkylation sites (tertiary alicyclic amines) is 1. The van der Waals surface area contributed by atoms with Crippen molar-refractivity contribution in [2.75, 3.05) is 6.54 Å². The van der Waals surface area contributed by atoms with Gasteiger partial charge in [-0.2, -0.15) is 0 Å². The van der Waals surface area contributed by atoms with Crippen molar-refractivity contribution in [1.82, 2.24) is 15.5 Å². The number of nitrogens with one attached hydrogen (secondary N) is 2. The first kappa shape index (κ1) is 14.6. The Morgan fingerprint density at radius 2 is 1.70 bits per heavy atom. The summed E-state index contributed by atoms with van der Waals surface area (Å²) in [6.07, 6.45) is 4.74. The van der Waals surface area contributed by atoms with E-state index in [1.165, 1.54) is 0 Å². The van der Waals surface area contributed by atoms with Crippen LogP contribution in [0.25, 0.3) is 0 Å². The Morgan fingerprint density at radius 1 is 1.05 bits per heavy atom. The Morgan fingerprint density at radius 3 is 2.35 bits per heavy atom. The van der Waals surface area contributed by atoms with Crippen molar-refractivity contribution in [3.05, 3.63) is 0 Å².